The second kappa shape index (κ2) is 9.12. The van der Waals surface area contributed by atoms with Gasteiger partial charge in [0, 0.05) is 12.8 Å². The maximum Gasteiger partial charge on any atom is 0.217 e. The average molecular weight is 181 g/mol. The van der Waals surface area contributed by atoms with Crippen molar-refractivity contribution in [1.82, 2.24) is 0 Å². The predicted octanol–water partition coefficient (Wildman–Crippen LogP) is 2.23. The summed E-state index contributed by atoms with van der Waals surface area (Å²) in [7, 11) is 0. The molecule has 2 N–H and O–H groups in total. The van der Waals surface area contributed by atoms with Crippen molar-refractivity contribution in [3.63, 3.8) is 0 Å². The molecule has 0 saturated heterocycles. The smallest absolute Gasteiger partial charge is 0.217 e. The van der Waals surface area contributed by atoms with E-state index in [1.807, 2.05) is 6.92 Å². The van der Waals surface area contributed by atoms with Gasteiger partial charge in [-0.25, -0.2) is 0 Å². The first-order valence-corrected chi connectivity index (χ1v) is 4.95. The molecule has 1 amide bonds. The molecule has 13 heavy (non-hydrogen) atoms. The summed E-state index contributed by atoms with van der Waals surface area (Å²) in [5.41, 5.74) is 5.02. The summed E-state index contributed by atoms with van der Waals surface area (Å²) in [6.45, 7) is 1.87. The number of rotatable bonds is 7. The lowest BCUT2D eigenvalue weighted by atomic mass is 10.1. The van der Waals surface area contributed by atoms with Crippen LogP contribution in [-0.2, 0) is 4.79 Å². The van der Waals surface area contributed by atoms with Crippen LogP contribution in [0.15, 0.2) is 0 Å². The first-order valence-electron chi connectivity index (χ1n) is 4.95. The molecule has 0 heterocycles. The summed E-state index contributed by atoms with van der Waals surface area (Å²) in [5, 5.41) is 0. The molecule has 0 atom stereocenters. The fraction of sp³-hybridized carbons (Fsp3) is 0.727. The van der Waals surface area contributed by atoms with E-state index < -0.39 is 0 Å². The number of amides is 1. The highest BCUT2D eigenvalue weighted by Gasteiger charge is 1.93. The van der Waals surface area contributed by atoms with Gasteiger partial charge in [-0.1, -0.05) is 19.3 Å². The van der Waals surface area contributed by atoms with Gasteiger partial charge in [-0.15, -0.1) is 11.8 Å². The summed E-state index contributed by atoms with van der Waals surface area (Å²) < 4.78 is 0. The first kappa shape index (κ1) is 12.0. The van der Waals surface area contributed by atoms with E-state index in [-0.39, 0.29) is 5.91 Å². The molecule has 0 aromatic heterocycles. The van der Waals surface area contributed by atoms with Crippen LogP contribution >= 0.6 is 0 Å². The second-order valence-electron chi connectivity index (χ2n) is 3.16. The number of primary amides is 1. The fourth-order valence-corrected chi connectivity index (χ4v) is 1.17. The zero-order chi connectivity index (χ0) is 9.94. The third-order valence-electron chi connectivity index (χ3n) is 1.90. The lowest BCUT2D eigenvalue weighted by molar-refractivity contribution is -0.118. The van der Waals surface area contributed by atoms with Gasteiger partial charge in [0.05, 0.1) is 0 Å². The van der Waals surface area contributed by atoms with Crippen molar-refractivity contribution < 1.29 is 4.79 Å². The third-order valence-corrected chi connectivity index (χ3v) is 1.90. The minimum atomic E-state index is -0.183. The second-order valence-corrected chi connectivity index (χ2v) is 3.16. The Morgan fingerprint density at radius 2 is 1.77 bits per heavy atom. The molecule has 0 saturated carbocycles. The Hall–Kier alpha value is -0.970. The molecule has 2 nitrogen and oxygen atoms in total. The summed E-state index contributed by atoms with van der Waals surface area (Å²) in [5.74, 6) is 5.72. The van der Waals surface area contributed by atoms with Crippen LogP contribution in [-0.4, -0.2) is 5.91 Å². The topological polar surface area (TPSA) is 43.1 Å². The van der Waals surface area contributed by atoms with Crippen LogP contribution < -0.4 is 5.73 Å². The number of nitrogens with two attached hydrogens (primary N) is 1. The van der Waals surface area contributed by atoms with Gasteiger partial charge >= 0.3 is 0 Å². The molecule has 74 valence electrons. The molecule has 0 bridgehead atoms. The zero-order valence-corrected chi connectivity index (χ0v) is 8.44. The minimum Gasteiger partial charge on any atom is -0.370 e. The van der Waals surface area contributed by atoms with Crippen LogP contribution in [0.2, 0.25) is 0 Å². The highest BCUT2D eigenvalue weighted by Crippen LogP contribution is 2.06. The fourth-order valence-electron chi connectivity index (χ4n) is 1.17. The van der Waals surface area contributed by atoms with Crippen molar-refractivity contribution >= 4 is 5.91 Å². The van der Waals surface area contributed by atoms with Crippen molar-refractivity contribution in [2.45, 2.75) is 51.9 Å². The van der Waals surface area contributed by atoms with E-state index in [1.54, 1.807) is 0 Å². The van der Waals surface area contributed by atoms with Crippen molar-refractivity contribution in [2.24, 2.45) is 5.73 Å². The van der Waals surface area contributed by atoms with E-state index in [0.29, 0.717) is 6.42 Å². The highest BCUT2D eigenvalue weighted by atomic mass is 16.1. The molecule has 0 radical (unpaired) electrons. The van der Waals surface area contributed by atoms with E-state index in [2.05, 4.69) is 11.8 Å². The van der Waals surface area contributed by atoms with Crippen LogP contribution in [0.5, 0.6) is 0 Å². The third kappa shape index (κ3) is 11.0. The van der Waals surface area contributed by atoms with E-state index in [0.717, 1.165) is 19.3 Å². The molecular formula is C11H19NO. The maximum absolute atomic E-state index is 10.4. The molecule has 0 aliphatic rings. The Balaban J connectivity index is 2.98. The Labute approximate surface area is 80.9 Å². The number of carbonyl (C=O) groups is 1. The van der Waals surface area contributed by atoms with Gasteiger partial charge in [0.2, 0.25) is 5.91 Å². The van der Waals surface area contributed by atoms with Gasteiger partial charge in [0.1, 0.15) is 0 Å². The van der Waals surface area contributed by atoms with Crippen molar-refractivity contribution in [3.8, 4) is 11.8 Å². The molecule has 0 fully saturated rings. The molecule has 0 aromatic rings. The molecule has 0 aliphatic heterocycles. The van der Waals surface area contributed by atoms with Crippen LogP contribution in [0.3, 0.4) is 0 Å². The SMILES string of the molecule is CC#CCCCCCCCC(N)=O. The Morgan fingerprint density at radius 1 is 1.15 bits per heavy atom. The zero-order valence-electron chi connectivity index (χ0n) is 8.44. The molecule has 0 spiro atoms. The van der Waals surface area contributed by atoms with E-state index in [9.17, 15) is 4.79 Å². The quantitative estimate of drug-likeness (QED) is 0.475. The van der Waals surface area contributed by atoms with E-state index in [4.69, 9.17) is 5.73 Å². The van der Waals surface area contributed by atoms with Crippen LogP contribution in [0.4, 0.5) is 0 Å². The van der Waals surface area contributed by atoms with Gasteiger partial charge in [-0.3, -0.25) is 4.79 Å². The van der Waals surface area contributed by atoms with Crippen LogP contribution in [0.1, 0.15) is 51.9 Å². The first-order chi connectivity index (χ1) is 6.27. The molecule has 0 unspecified atom stereocenters. The van der Waals surface area contributed by atoms with Crippen LogP contribution in [0.25, 0.3) is 0 Å². The predicted molar refractivity (Wildman–Crippen MR) is 55.0 cm³/mol. The average Bonchev–Trinajstić information content (AvgIpc) is 2.09. The van der Waals surface area contributed by atoms with Gasteiger partial charge in [0.15, 0.2) is 0 Å². The molecule has 0 aliphatic carbocycles. The monoisotopic (exact) mass is 181 g/mol. The molecule has 2 heteroatoms. The Kier molecular flexibility index (Phi) is 8.44. The van der Waals surface area contributed by atoms with Gasteiger partial charge in [-0.2, -0.15) is 0 Å². The lowest BCUT2D eigenvalue weighted by Gasteiger charge is -1.97. The van der Waals surface area contributed by atoms with Gasteiger partial charge in [0.25, 0.3) is 0 Å². The van der Waals surface area contributed by atoms with Gasteiger partial charge < -0.3 is 5.73 Å². The summed E-state index contributed by atoms with van der Waals surface area (Å²) in [6, 6.07) is 0. The summed E-state index contributed by atoms with van der Waals surface area (Å²) in [6.07, 6.45) is 7.18. The van der Waals surface area contributed by atoms with Gasteiger partial charge in [-0.05, 0) is 19.8 Å². The summed E-state index contributed by atoms with van der Waals surface area (Å²) in [4.78, 5) is 10.4. The number of unbranched alkanes of at least 4 members (excludes halogenated alkanes) is 5. The van der Waals surface area contributed by atoms with Crippen molar-refractivity contribution in [2.75, 3.05) is 0 Å². The number of hydrogen-bond donors (Lipinski definition) is 1. The Morgan fingerprint density at radius 3 is 2.38 bits per heavy atom. The minimum absolute atomic E-state index is 0.183. The normalized spacial score (nSPS) is 9.00. The highest BCUT2D eigenvalue weighted by molar-refractivity contribution is 5.73. The van der Waals surface area contributed by atoms with Crippen molar-refractivity contribution in [1.29, 1.82) is 0 Å². The Bertz CT molecular complexity index is 188. The molecule has 0 aromatic carbocycles. The molecular weight excluding hydrogens is 162 g/mol. The maximum atomic E-state index is 10.4. The van der Waals surface area contributed by atoms with E-state index in [1.165, 1.54) is 19.3 Å². The number of hydrogen-bond acceptors (Lipinski definition) is 1. The van der Waals surface area contributed by atoms with Crippen LogP contribution in [0, 0.1) is 11.8 Å². The standard InChI is InChI=1S/C11H19NO/c1-2-3-4-5-6-7-8-9-10-11(12)13/h4-10H2,1H3,(H2,12,13). The van der Waals surface area contributed by atoms with Crippen molar-refractivity contribution in [3.05, 3.63) is 0 Å². The summed E-state index contributed by atoms with van der Waals surface area (Å²) >= 11 is 0. The molecule has 0 rings (SSSR count). The van der Waals surface area contributed by atoms with E-state index >= 15 is 0 Å². The number of carbonyl (C=O) groups excluding carboxylic acids is 1. The largest absolute Gasteiger partial charge is 0.370 e. The lowest BCUT2D eigenvalue weighted by Crippen LogP contribution is -2.09.